The minimum absolute atomic E-state index is 1.01. The molecule has 4 rings (SSSR count). The van der Waals surface area contributed by atoms with Gasteiger partial charge in [-0.05, 0) is 11.6 Å². The second-order valence-corrected chi connectivity index (χ2v) is 5.80. The molecule has 0 fully saturated rings. The Balaban J connectivity index is 2.03. The van der Waals surface area contributed by atoms with E-state index in [9.17, 15) is 0 Å². The molecule has 0 aliphatic rings. The highest BCUT2D eigenvalue weighted by Crippen LogP contribution is 2.39. The molecule has 0 aliphatic heterocycles. The maximum atomic E-state index is 4.49. The number of hydrogen-bond donors (Lipinski definition) is 1. The van der Waals surface area contributed by atoms with Crippen molar-refractivity contribution in [3.63, 3.8) is 0 Å². The largest absolute Gasteiger partial charge is 0.278 e. The normalized spacial score (nSPS) is 10.7. The number of benzene rings is 2. The zero-order chi connectivity index (χ0) is 14.8. The topological polar surface area (TPSA) is 41.6 Å². The number of nitrogens with one attached hydrogen (secondary N) is 1. The molecule has 0 unspecified atom stereocenters. The Morgan fingerprint density at radius 2 is 1.68 bits per heavy atom. The summed E-state index contributed by atoms with van der Waals surface area (Å²) in [4.78, 5) is 4.49. The lowest BCUT2D eigenvalue weighted by atomic mass is 9.93. The van der Waals surface area contributed by atoms with E-state index in [1.807, 2.05) is 23.7 Å². The number of aromatic nitrogens is 3. The Morgan fingerprint density at radius 3 is 2.41 bits per heavy atom. The van der Waals surface area contributed by atoms with Crippen molar-refractivity contribution in [2.45, 2.75) is 0 Å². The van der Waals surface area contributed by atoms with E-state index in [-0.39, 0.29) is 0 Å². The summed E-state index contributed by atoms with van der Waals surface area (Å²) in [5.74, 6) is 0. The summed E-state index contributed by atoms with van der Waals surface area (Å²) in [6.07, 6.45) is 3.62. The minimum atomic E-state index is 1.01. The van der Waals surface area contributed by atoms with Gasteiger partial charge in [0.25, 0.3) is 0 Å². The SMILES string of the molecule is c1ccc(-c2c(-c3ccn[nH]3)cccc2-c2nccs2)cc1. The van der Waals surface area contributed by atoms with Crippen LogP contribution in [0.5, 0.6) is 0 Å². The zero-order valence-electron chi connectivity index (χ0n) is 11.7. The van der Waals surface area contributed by atoms with Crippen molar-refractivity contribution in [2.75, 3.05) is 0 Å². The Morgan fingerprint density at radius 1 is 0.818 bits per heavy atom. The van der Waals surface area contributed by atoms with Gasteiger partial charge in [0.2, 0.25) is 0 Å². The van der Waals surface area contributed by atoms with Crippen LogP contribution in [0.4, 0.5) is 0 Å². The van der Waals surface area contributed by atoms with E-state index < -0.39 is 0 Å². The van der Waals surface area contributed by atoms with Crippen LogP contribution < -0.4 is 0 Å². The van der Waals surface area contributed by atoms with Gasteiger partial charge in [-0.2, -0.15) is 5.10 Å². The number of rotatable bonds is 3. The van der Waals surface area contributed by atoms with Gasteiger partial charge in [0.1, 0.15) is 5.01 Å². The molecule has 2 aromatic carbocycles. The summed E-state index contributed by atoms with van der Waals surface area (Å²) in [7, 11) is 0. The quantitative estimate of drug-likeness (QED) is 0.587. The number of thiazole rings is 1. The first-order chi connectivity index (χ1) is 10.9. The molecule has 106 valence electrons. The molecule has 0 atom stereocenters. The van der Waals surface area contributed by atoms with Crippen LogP contribution in [0.15, 0.2) is 72.4 Å². The van der Waals surface area contributed by atoms with Gasteiger partial charge >= 0.3 is 0 Å². The molecule has 0 radical (unpaired) electrons. The summed E-state index contributed by atoms with van der Waals surface area (Å²) in [5.41, 5.74) is 5.65. The van der Waals surface area contributed by atoms with Crippen molar-refractivity contribution in [2.24, 2.45) is 0 Å². The van der Waals surface area contributed by atoms with Crippen LogP contribution in [0, 0.1) is 0 Å². The van der Waals surface area contributed by atoms with Gasteiger partial charge in [0.05, 0.1) is 5.69 Å². The molecule has 4 heteroatoms. The van der Waals surface area contributed by atoms with E-state index in [0.29, 0.717) is 0 Å². The summed E-state index contributed by atoms with van der Waals surface area (Å²) in [6, 6.07) is 18.7. The third-order valence-corrected chi connectivity index (χ3v) is 4.39. The van der Waals surface area contributed by atoms with Crippen LogP contribution in [0.1, 0.15) is 0 Å². The van der Waals surface area contributed by atoms with E-state index >= 15 is 0 Å². The van der Waals surface area contributed by atoms with Gasteiger partial charge in [0.15, 0.2) is 0 Å². The highest BCUT2D eigenvalue weighted by Gasteiger charge is 2.15. The highest BCUT2D eigenvalue weighted by atomic mass is 32.1. The average Bonchev–Trinajstić information content (AvgIpc) is 3.28. The molecular formula is C18H13N3S. The summed E-state index contributed by atoms with van der Waals surface area (Å²) in [5, 5.41) is 10.2. The molecule has 4 aromatic rings. The monoisotopic (exact) mass is 303 g/mol. The van der Waals surface area contributed by atoms with Crippen LogP contribution in [0.25, 0.3) is 33.0 Å². The molecule has 22 heavy (non-hydrogen) atoms. The average molecular weight is 303 g/mol. The Hall–Kier alpha value is -2.72. The van der Waals surface area contributed by atoms with E-state index in [1.54, 1.807) is 17.5 Å². The minimum Gasteiger partial charge on any atom is -0.278 e. The van der Waals surface area contributed by atoms with Crippen LogP contribution >= 0.6 is 11.3 Å². The molecule has 0 aliphatic carbocycles. The Labute approximate surface area is 132 Å². The second-order valence-electron chi connectivity index (χ2n) is 4.90. The van der Waals surface area contributed by atoms with Crippen LogP contribution in [-0.4, -0.2) is 15.2 Å². The lowest BCUT2D eigenvalue weighted by Crippen LogP contribution is -1.90. The van der Waals surface area contributed by atoms with Crippen LogP contribution in [0.2, 0.25) is 0 Å². The highest BCUT2D eigenvalue weighted by molar-refractivity contribution is 7.13. The third-order valence-electron chi connectivity index (χ3n) is 3.58. The molecular weight excluding hydrogens is 290 g/mol. The number of hydrogen-bond acceptors (Lipinski definition) is 3. The van der Waals surface area contributed by atoms with Gasteiger partial charge in [0, 0.05) is 34.5 Å². The predicted octanol–water partition coefficient (Wildman–Crippen LogP) is 4.87. The molecule has 2 aromatic heterocycles. The molecule has 0 saturated carbocycles. The molecule has 1 N–H and O–H groups in total. The van der Waals surface area contributed by atoms with Gasteiger partial charge in [-0.15, -0.1) is 11.3 Å². The standard InChI is InChI=1S/C18H13N3S/c1-2-5-13(6-3-1)17-14(16-9-10-20-21-16)7-4-8-15(17)18-19-11-12-22-18/h1-12H,(H,20,21). The fourth-order valence-electron chi connectivity index (χ4n) is 2.63. The van der Waals surface area contributed by atoms with Crippen LogP contribution in [-0.2, 0) is 0 Å². The lowest BCUT2D eigenvalue weighted by Gasteiger charge is -2.13. The van der Waals surface area contributed by atoms with Gasteiger partial charge < -0.3 is 0 Å². The fraction of sp³-hybridized carbons (Fsp3) is 0. The molecule has 0 spiro atoms. The van der Waals surface area contributed by atoms with E-state index in [4.69, 9.17) is 0 Å². The first kappa shape index (κ1) is 13.0. The van der Waals surface area contributed by atoms with Crippen molar-refractivity contribution in [3.8, 4) is 33.0 Å². The van der Waals surface area contributed by atoms with E-state index in [0.717, 1.165) is 21.8 Å². The summed E-state index contributed by atoms with van der Waals surface area (Å²) in [6.45, 7) is 0. The van der Waals surface area contributed by atoms with E-state index in [2.05, 4.69) is 57.6 Å². The van der Waals surface area contributed by atoms with E-state index in [1.165, 1.54) is 11.1 Å². The van der Waals surface area contributed by atoms with Gasteiger partial charge in [-0.3, -0.25) is 5.10 Å². The fourth-order valence-corrected chi connectivity index (χ4v) is 3.30. The van der Waals surface area contributed by atoms with Crippen LogP contribution in [0.3, 0.4) is 0 Å². The first-order valence-corrected chi connectivity index (χ1v) is 7.89. The van der Waals surface area contributed by atoms with Crippen molar-refractivity contribution < 1.29 is 0 Å². The molecule has 3 nitrogen and oxygen atoms in total. The van der Waals surface area contributed by atoms with Gasteiger partial charge in [-0.1, -0.05) is 48.5 Å². The second kappa shape index (κ2) is 5.58. The van der Waals surface area contributed by atoms with Crippen molar-refractivity contribution in [3.05, 3.63) is 72.4 Å². The van der Waals surface area contributed by atoms with Crippen molar-refractivity contribution in [1.82, 2.24) is 15.2 Å². The molecule has 0 saturated heterocycles. The number of nitrogens with zero attached hydrogens (tertiary/aromatic N) is 2. The van der Waals surface area contributed by atoms with Gasteiger partial charge in [-0.25, -0.2) is 4.98 Å². The number of H-pyrrole nitrogens is 1. The lowest BCUT2D eigenvalue weighted by molar-refractivity contribution is 1.10. The van der Waals surface area contributed by atoms with Crippen molar-refractivity contribution in [1.29, 1.82) is 0 Å². The Bertz CT molecular complexity index is 814. The summed E-state index contributed by atoms with van der Waals surface area (Å²) >= 11 is 1.65. The molecule has 0 amide bonds. The first-order valence-electron chi connectivity index (χ1n) is 7.01. The maximum absolute atomic E-state index is 4.49. The van der Waals surface area contributed by atoms with Crippen molar-refractivity contribution >= 4 is 11.3 Å². The maximum Gasteiger partial charge on any atom is 0.123 e. The third kappa shape index (κ3) is 2.23. The smallest absolute Gasteiger partial charge is 0.123 e. The number of aromatic amines is 1. The Kier molecular flexibility index (Phi) is 3.29. The summed E-state index contributed by atoms with van der Waals surface area (Å²) < 4.78 is 0. The zero-order valence-corrected chi connectivity index (χ0v) is 12.5. The molecule has 0 bridgehead atoms. The predicted molar refractivity (Wildman–Crippen MR) is 90.6 cm³/mol. The molecule has 2 heterocycles.